The van der Waals surface area contributed by atoms with Crippen LogP contribution in [0.5, 0.6) is 5.75 Å². The first-order valence-electron chi connectivity index (χ1n) is 5.14. The van der Waals surface area contributed by atoms with Gasteiger partial charge in [-0.25, -0.2) is 0 Å². The summed E-state index contributed by atoms with van der Waals surface area (Å²) in [6, 6.07) is 4.03. The van der Waals surface area contributed by atoms with Gasteiger partial charge in [0, 0.05) is 12.1 Å². The molecule has 3 N–H and O–H groups in total. The van der Waals surface area contributed by atoms with E-state index in [-0.39, 0.29) is 17.5 Å². The molecular formula is C11H16N2O3. The summed E-state index contributed by atoms with van der Waals surface area (Å²) in [5, 5.41) is 19.9. The van der Waals surface area contributed by atoms with E-state index in [0.717, 1.165) is 6.42 Å². The molecule has 0 bridgehead atoms. The first-order valence-corrected chi connectivity index (χ1v) is 5.14. The summed E-state index contributed by atoms with van der Waals surface area (Å²) in [6.07, 6.45) is 0.752. The second-order valence-corrected chi connectivity index (χ2v) is 4.24. The van der Waals surface area contributed by atoms with Crippen LogP contribution in [0.4, 0.5) is 5.69 Å². The minimum atomic E-state index is -0.610. The van der Waals surface area contributed by atoms with E-state index in [1.165, 1.54) is 12.1 Å². The number of phenolic OH excluding ortho intramolecular Hbond substituents is 1. The number of nitro groups is 1. The third kappa shape index (κ3) is 2.93. The third-order valence-electron chi connectivity index (χ3n) is 2.35. The molecule has 5 heteroatoms. The Morgan fingerprint density at radius 1 is 1.50 bits per heavy atom. The predicted molar refractivity (Wildman–Crippen MR) is 61.1 cm³/mol. The molecule has 1 rings (SSSR count). The summed E-state index contributed by atoms with van der Waals surface area (Å²) >= 11 is 0. The molecule has 0 aliphatic heterocycles. The van der Waals surface area contributed by atoms with E-state index in [4.69, 9.17) is 5.73 Å². The summed E-state index contributed by atoms with van der Waals surface area (Å²) in [7, 11) is 0. The monoisotopic (exact) mass is 224 g/mol. The van der Waals surface area contributed by atoms with Crippen molar-refractivity contribution in [1.82, 2.24) is 0 Å². The molecule has 0 unspecified atom stereocenters. The van der Waals surface area contributed by atoms with Gasteiger partial charge in [-0.1, -0.05) is 19.9 Å². The lowest BCUT2D eigenvalue weighted by molar-refractivity contribution is -0.385. The van der Waals surface area contributed by atoms with E-state index < -0.39 is 4.92 Å². The number of phenols is 1. The Balaban J connectivity index is 2.98. The first kappa shape index (κ1) is 12.4. The van der Waals surface area contributed by atoms with Crippen molar-refractivity contribution in [2.45, 2.75) is 26.3 Å². The Labute approximate surface area is 94.0 Å². The van der Waals surface area contributed by atoms with Gasteiger partial charge in [-0.05, 0) is 24.0 Å². The lowest BCUT2D eigenvalue weighted by Crippen LogP contribution is -2.13. The molecule has 0 aromatic heterocycles. The largest absolute Gasteiger partial charge is 0.502 e. The van der Waals surface area contributed by atoms with Crippen molar-refractivity contribution >= 4 is 5.69 Å². The van der Waals surface area contributed by atoms with Crippen LogP contribution in [-0.2, 0) is 0 Å². The van der Waals surface area contributed by atoms with Crippen LogP contribution in [0, 0.1) is 16.0 Å². The van der Waals surface area contributed by atoms with Crippen molar-refractivity contribution in [2.24, 2.45) is 11.7 Å². The molecule has 0 saturated heterocycles. The Kier molecular flexibility index (Phi) is 3.84. The van der Waals surface area contributed by atoms with Crippen molar-refractivity contribution in [3.05, 3.63) is 33.9 Å². The molecule has 0 saturated carbocycles. The fourth-order valence-corrected chi connectivity index (χ4v) is 1.56. The Morgan fingerprint density at radius 2 is 2.12 bits per heavy atom. The predicted octanol–water partition coefficient (Wildman–Crippen LogP) is 2.35. The molecule has 88 valence electrons. The van der Waals surface area contributed by atoms with Gasteiger partial charge < -0.3 is 10.8 Å². The minimum Gasteiger partial charge on any atom is -0.502 e. The van der Waals surface area contributed by atoms with Crippen LogP contribution in [0.25, 0.3) is 0 Å². The van der Waals surface area contributed by atoms with Gasteiger partial charge in [-0.2, -0.15) is 0 Å². The number of nitro benzene ring substituents is 1. The molecule has 1 atom stereocenters. The molecule has 0 spiro atoms. The fraction of sp³-hybridized carbons (Fsp3) is 0.455. The smallest absolute Gasteiger partial charge is 0.311 e. The van der Waals surface area contributed by atoms with Crippen LogP contribution in [0.2, 0.25) is 0 Å². The number of hydrogen-bond acceptors (Lipinski definition) is 4. The average Bonchev–Trinajstić information content (AvgIpc) is 2.16. The number of rotatable bonds is 4. The van der Waals surface area contributed by atoms with Crippen molar-refractivity contribution in [1.29, 1.82) is 0 Å². The van der Waals surface area contributed by atoms with Gasteiger partial charge in [0.15, 0.2) is 5.75 Å². The highest BCUT2D eigenvalue weighted by Crippen LogP contribution is 2.29. The lowest BCUT2D eigenvalue weighted by Gasteiger charge is -2.14. The minimum absolute atomic E-state index is 0.237. The average molecular weight is 224 g/mol. The van der Waals surface area contributed by atoms with E-state index in [1.54, 1.807) is 6.07 Å². The highest BCUT2D eigenvalue weighted by Gasteiger charge is 2.17. The van der Waals surface area contributed by atoms with E-state index in [1.807, 2.05) is 13.8 Å². The van der Waals surface area contributed by atoms with Gasteiger partial charge in [0.1, 0.15) is 0 Å². The second-order valence-electron chi connectivity index (χ2n) is 4.24. The summed E-state index contributed by atoms with van der Waals surface area (Å²) in [4.78, 5) is 10.0. The molecule has 0 aliphatic carbocycles. The molecule has 1 aromatic rings. The molecule has 0 heterocycles. The molecule has 1 aromatic carbocycles. The molecular weight excluding hydrogens is 208 g/mol. The van der Waals surface area contributed by atoms with Crippen LogP contribution in [0.15, 0.2) is 18.2 Å². The fourth-order valence-electron chi connectivity index (χ4n) is 1.56. The van der Waals surface area contributed by atoms with E-state index in [0.29, 0.717) is 11.5 Å². The van der Waals surface area contributed by atoms with E-state index >= 15 is 0 Å². The lowest BCUT2D eigenvalue weighted by atomic mass is 9.97. The maximum absolute atomic E-state index is 10.6. The van der Waals surface area contributed by atoms with E-state index in [2.05, 4.69) is 0 Å². The van der Waals surface area contributed by atoms with Crippen LogP contribution in [0.3, 0.4) is 0 Å². The maximum Gasteiger partial charge on any atom is 0.311 e. The van der Waals surface area contributed by atoms with Crippen LogP contribution in [-0.4, -0.2) is 10.0 Å². The number of nitrogens with two attached hydrogens (primary N) is 1. The third-order valence-corrected chi connectivity index (χ3v) is 2.35. The summed E-state index contributed by atoms with van der Waals surface area (Å²) < 4.78 is 0. The molecule has 0 fully saturated rings. The Hall–Kier alpha value is -1.62. The quantitative estimate of drug-likeness (QED) is 0.606. The Bertz CT molecular complexity index is 391. The van der Waals surface area contributed by atoms with Crippen LogP contribution in [0.1, 0.15) is 31.9 Å². The zero-order chi connectivity index (χ0) is 12.3. The zero-order valence-electron chi connectivity index (χ0n) is 9.38. The van der Waals surface area contributed by atoms with Crippen molar-refractivity contribution < 1.29 is 10.0 Å². The first-order chi connectivity index (χ1) is 7.41. The van der Waals surface area contributed by atoms with E-state index in [9.17, 15) is 15.2 Å². The van der Waals surface area contributed by atoms with Gasteiger partial charge in [0.25, 0.3) is 0 Å². The maximum atomic E-state index is 10.6. The van der Waals surface area contributed by atoms with Crippen LogP contribution >= 0.6 is 0 Å². The highest BCUT2D eigenvalue weighted by molar-refractivity contribution is 5.48. The molecule has 5 nitrogen and oxygen atoms in total. The summed E-state index contributed by atoms with van der Waals surface area (Å²) in [5.74, 6) is 0.0911. The number of benzene rings is 1. The molecule has 0 amide bonds. The van der Waals surface area contributed by atoms with Crippen molar-refractivity contribution in [2.75, 3.05) is 0 Å². The zero-order valence-corrected chi connectivity index (χ0v) is 9.38. The van der Waals surface area contributed by atoms with Crippen LogP contribution < -0.4 is 5.73 Å². The van der Waals surface area contributed by atoms with Gasteiger partial charge >= 0.3 is 5.69 Å². The highest BCUT2D eigenvalue weighted by atomic mass is 16.6. The number of hydrogen-bond donors (Lipinski definition) is 2. The van der Waals surface area contributed by atoms with Gasteiger partial charge in [0.2, 0.25) is 0 Å². The summed E-state index contributed by atoms with van der Waals surface area (Å²) in [6.45, 7) is 4.07. The molecule has 16 heavy (non-hydrogen) atoms. The Morgan fingerprint density at radius 3 is 2.62 bits per heavy atom. The van der Waals surface area contributed by atoms with Crippen molar-refractivity contribution in [3.63, 3.8) is 0 Å². The molecule has 0 aliphatic rings. The van der Waals surface area contributed by atoms with Gasteiger partial charge in [-0.3, -0.25) is 10.1 Å². The number of aromatic hydroxyl groups is 1. The van der Waals surface area contributed by atoms with Crippen molar-refractivity contribution in [3.8, 4) is 5.75 Å². The normalized spacial score (nSPS) is 12.8. The van der Waals surface area contributed by atoms with Gasteiger partial charge in [0.05, 0.1) is 4.92 Å². The topological polar surface area (TPSA) is 89.4 Å². The second kappa shape index (κ2) is 4.94. The number of nitrogens with zero attached hydrogens (tertiary/aromatic N) is 1. The van der Waals surface area contributed by atoms with Gasteiger partial charge in [-0.15, -0.1) is 0 Å². The summed E-state index contributed by atoms with van der Waals surface area (Å²) in [5.41, 5.74) is 6.29. The molecule has 0 radical (unpaired) electrons. The SMILES string of the molecule is CC(C)C[C@@H](N)c1ccc(O)c([N+](=O)[O-])c1. The standard InChI is InChI=1S/C11H16N2O3/c1-7(2)5-9(12)8-3-4-11(14)10(6-8)13(15)16/h3-4,6-7,9,14H,5,12H2,1-2H3/t9-/m1/s1.